The lowest BCUT2D eigenvalue weighted by molar-refractivity contribution is -0.141. The molecule has 0 aliphatic rings. The van der Waals surface area contributed by atoms with Gasteiger partial charge in [0.2, 0.25) is 0 Å². The summed E-state index contributed by atoms with van der Waals surface area (Å²) in [5.74, 6) is -1.06. The van der Waals surface area contributed by atoms with Gasteiger partial charge in [0.1, 0.15) is 6.04 Å². The molecule has 1 aromatic rings. The molecule has 3 N–H and O–H groups in total. The Kier molecular flexibility index (Phi) is 5.16. The molecule has 0 saturated carbocycles. The van der Waals surface area contributed by atoms with Crippen LogP contribution >= 0.6 is 15.9 Å². The molecule has 1 aromatic carbocycles. The summed E-state index contributed by atoms with van der Waals surface area (Å²) in [6.45, 7) is 7.18. The maximum absolute atomic E-state index is 11.9. The van der Waals surface area contributed by atoms with Gasteiger partial charge in [-0.3, -0.25) is 0 Å². The summed E-state index contributed by atoms with van der Waals surface area (Å²) in [5, 5.41) is 14.3. The minimum atomic E-state index is -1.06. The highest BCUT2D eigenvalue weighted by molar-refractivity contribution is 9.10. The van der Waals surface area contributed by atoms with Gasteiger partial charge in [0.15, 0.2) is 0 Å². The summed E-state index contributed by atoms with van der Waals surface area (Å²) in [7, 11) is 0. The Morgan fingerprint density at radius 2 is 1.90 bits per heavy atom. The number of anilines is 1. The van der Waals surface area contributed by atoms with Crippen molar-refractivity contribution in [2.24, 2.45) is 5.41 Å². The third-order valence-electron chi connectivity index (χ3n) is 2.83. The number of amides is 2. The van der Waals surface area contributed by atoms with Crippen LogP contribution in [0.1, 0.15) is 26.3 Å². The zero-order chi connectivity index (χ0) is 15.5. The topological polar surface area (TPSA) is 78.4 Å². The van der Waals surface area contributed by atoms with E-state index in [-0.39, 0.29) is 0 Å². The van der Waals surface area contributed by atoms with Gasteiger partial charge in [-0.2, -0.15) is 0 Å². The minimum Gasteiger partial charge on any atom is -0.480 e. The van der Waals surface area contributed by atoms with Crippen molar-refractivity contribution in [3.8, 4) is 0 Å². The van der Waals surface area contributed by atoms with Gasteiger partial charge in [-0.05, 0) is 39.9 Å². The highest BCUT2D eigenvalue weighted by atomic mass is 79.9. The smallest absolute Gasteiger partial charge is 0.326 e. The number of carbonyl (C=O) groups excluding carboxylic acids is 1. The fourth-order valence-electron chi connectivity index (χ4n) is 1.68. The number of hydrogen-bond donors (Lipinski definition) is 3. The van der Waals surface area contributed by atoms with Crippen LogP contribution in [0.5, 0.6) is 0 Å². The van der Waals surface area contributed by atoms with Gasteiger partial charge in [-0.1, -0.05) is 32.9 Å². The molecule has 0 bridgehead atoms. The largest absolute Gasteiger partial charge is 0.480 e. The highest BCUT2D eigenvalue weighted by Crippen LogP contribution is 2.26. The second-order valence-electron chi connectivity index (χ2n) is 5.67. The lowest BCUT2D eigenvalue weighted by Crippen LogP contribution is -2.50. The number of nitrogens with one attached hydrogen (secondary N) is 2. The van der Waals surface area contributed by atoms with Crippen molar-refractivity contribution in [3.05, 3.63) is 28.2 Å². The van der Waals surface area contributed by atoms with E-state index in [0.717, 1.165) is 10.0 Å². The second-order valence-corrected chi connectivity index (χ2v) is 6.47. The number of hydrogen-bond acceptors (Lipinski definition) is 2. The second kappa shape index (κ2) is 6.26. The summed E-state index contributed by atoms with van der Waals surface area (Å²) < 4.78 is 0.776. The molecule has 0 aromatic heterocycles. The number of aliphatic carboxylic acids is 1. The van der Waals surface area contributed by atoms with Crippen LogP contribution < -0.4 is 10.6 Å². The predicted molar refractivity (Wildman–Crippen MR) is 81.9 cm³/mol. The summed E-state index contributed by atoms with van der Waals surface area (Å²) in [6, 6.07) is 3.95. The fraction of sp³-hybridized carbons (Fsp3) is 0.429. The summed E-state index contributed by atoms with van der Waals surface area (Å²) >= 11 is 3.38. The number of carbonyl (C=O) groups is 2. The first-order valence-electron chi connectivity index (χ1n) is 6.18. The molecule has 2 amide bonds. The number of rotatable bonds is 3. The van der Waals surface area contributed by atoms with Crippen molar-refractivity contribution in [1.29, 1.82) is 0 Å². The molecule has 0 heterocycles. The van der Waals surface area contributed by atoms with E-state index in [0.29, 0.717) is 5.69 Å². The Morgan fingerprint density at radius 3 is 2.40 bits per heavy atom. The van der Waals surface area contributed by atoms with E-state index in [2.05, 4.69) is 26.6 Å². The molecule has 0 fully saturated rings. The lowest BCUT2D eigenvalue weighted by atomic mass is 9.87. The Hall–Kier alpha value is -1.56. The highest BCUT2D eigenvalue weighted by Gasteiger charge is 2.32. The average Bonchev–Trinajstić information content (AvgIpc) is 2.30. The summed E-state index contributed by atoms with van der Waals surface area (Å²) in [6.07, 6.45) is 0. The van der Waals surface area contributed by atoms with Gasteiger partial charge in [-0.25, -0.2) is 9.59 Å². The van der Waals surface area contributed by atoms with Crippen LogP contribution in [0.4, 0.5) is 10.5 Å². The van der Waals surface area contributed by atoms with Gasteiger partial charge in [0, 0.05) is 4.47 Å². The van der Waals surface area contributed by atoms with Crippen molar-refractivity contribution in [1.82, 2.24) is 5.32 Å². The molecule has 0 unspecified atom stereocenters. The van der Waals surface area contributed by atoms with E-state index in [1.165, 1.54) is 0 Å². The van der Waals surface area contributed by atoms with Crippen molar-refractivity contribution in [3.63, 3.8) is 0 Å². The Labute approximate surface area is 126 Å². The monoisotopic (exact) mass is 342 g/mol. The molecule has 0 saturated heterocycles. The van der Waals surface area contributed by atoms with Crippen molar-refractivity contribution < 1.29 is 14.7 Å². The molecule has 110 valence electrons. The molecule has 6 heteroatoms. The molecule has 1 rings (SSSR count). The van der Waals surface area contributed by atoms with Crippen molar-refractivity contribution in [2.75, 3.05) is 5.32 Å². The SMILES string of the molecule is Cc1cccc(NC(=O)N[C@@H](C(=O)O)C(C)(C)C)c1Br. The average molecular weight is 343 g/mol. The Bertz CT molecular complexity index is 524. The van der Waals surface area contributed by atoms with E-state index in [9.17, 15) is 14.7 Å². The summed E-state index contributed by atoms with van der Waals surface area (Å²) in [5.41, 5.74) is 1.00. The molecule has 0 spiro atoms. The molecule has 5 nitrogen and oxygen atoms in total. The first-order valence-corrected chi connectivity index (χ1v) is 6.97. The lowest BCUT2D eigenvalue weighted by Gasteiger charge is -2.27. The third kappa shape index (κ3) is 4.23. The van der Waals surface area contributed by atoms with Crippen LogP contribution in [0.2, 0.25) is 0 Å². The first-order chi connectivity index (χ1) is 9.12. The van der Waals surface area contributed by atoms with Gasteiger partial charge in [-0.15, -0.1) is 0 Å². The number of urea groups is 1. The molecule has 20 heavy (non-hydrogen) atoms. The zero-order valence-electron chi connectivity index (χ0n) is 12.0. The molecule has 1 atom stereocenters. The van der Waals surface area contributed by atoms with Gasteiger partial charge < -0.3 is 15.7 Å². The van der Waals surface area contributed by atoms with Gasteiger partial charge in [0.25, 0.3) is 0 Å². The maximum Gasteiger partial charge on any atom is 0.326 e. The van der Waals surface area contributed by atoms with Crippen LogP contribution in [0.25, 0.3) is 0 Å². The molecule has 0 radical (unpaired) electrons. The standard InChI is InChI=1S/C14H19BrN2O3/c1-8-6-5-7-9(10(8)15)16-13(20)17-11(12(18)19)14(2,3)4/h5-7,11H,1-4H3,(H,18,19)(H2,16,17,20)/t11-/m0/s1. The molecule has 0 aliphatic carbocycles. The van der Waals surface area contributed by atoms with Crippen LogP contribution in [0.15, 0.2) is 22.7 Å². The van der Waals surface area contributed by atoms with Crippen molar-refractivity contribution >= 4 is 33.6 Å². The minimum absolute atomic E-state index is 0.543. The number of aryl methyl sites for hydroxylation is 1. The number of benzene rings is 1. The van der Waals surface area contributed by atoms with Crippen LogP contribution in [-0.4, -0.2) is 23.1 Å². The zero-order valence-corrected chi connectivity index (χ0v) is 13.5. The quantitative estimate of drug-likeness (QED) is 0.787. The van der Waals surface area contributed by atoms with Crippen LogP contribution in [0.3, 0.4) is 0 Å². The van der Waals surface area contributed by atoms with E-state index in [4.69, 9.17) is 0 Å². The van der Waals surface area contributed by atoms with E-state index in [1.807, 2.05) is 19.1 Å². The molecular weight excluding hydrogens is 324 g/mol. The Balaban J connectivity index is 2.82. The molecular formula is C14H19BrN2O3. The Morgan fingerprint density at radius 1 is 1.30 bits per heavy atom. The van der Waals surface area contributed by atoms with Crippen molar-refractivity contribution in [2.45, 2.75) is 33.7 Å². The maximum atomic E-state index is 11.9. The normalized spacial score (nSPS) is 12.7. The fourth-order valence-corrected chi connectivity index (χ4v) is 2.05. The van der Waals surface area contributed by atoms with Gasteiger partial charge in [0.05, 0.1) is 5.69 Å². The predicted octanol–water partition coefficient (Wildman–Crippen LogP) is 3.38. The first kappa shape index (κ1) is 16.5. The number of halogens is 1. The van der Waals surface area contributed by atoms with E-state index in [1.54, 1.807) is 26.8 Å². The van der Waals surface area contributed by atoms with E-state index < -0.39 is 23.5 Å². The number of carboxylic acids is 1. The van der Waals surface area contributed by atoms with Crippen LogP contribution in [0, 0.1) is 12.3 Å². The third-order valence-corrected chi connectivity index (χ3v) is 3.88. The number of carboxylic acid groups (broad SMARTS) is 1. The van der Waals surface area contributed by atoms with Crippen LogP contribution in [-0.2, 0) is 4.79 Å². The molecule has 0 aliphatic heterocycles. The van der Waals surface area contributed by atoms with Gasteiger partial charge >= 0.3 is 12.0 Å². The summed E-state index contributed by atoms with van der Waals surface area (Å²) in [4.78, 5) is 23.1. The van der Waals surface area contributed by atoms with E-state index >= 15 is 0 Å².